The number of aliphatic hydroxyl groups is 3. The molecule has 1 aliphatic heterocycles. The lowest BCUT2D eigenvalue weighted by atomic mass is 10.0. The summed E-state index contributed by atoms with van der Waals surface area (Å²) in [7, 11) is 0. The van der Waals surface area contributed by atoms with Gasteiger partial charge in [0.05, 0.1) is 39.1 Å². The minimum Gasteiger partial charge on any atom is -0.388 e. The molecule has 0 radical (unpaired) electrons. The molecule has 1 heterocycles. The normalized spacial score (nSPS) is 31.7. The van der Waals surface area contributed by atoms with Gasteiger partial charge in [0.25, 0.3) is 0 Å². The molecule has 0 aromatic carbocycles. The van der Waals surface area contributed by atoms with Crippen LogP contribution in [-0.2, 0) is 18.9 Å². The predicted octanol–water partition coefficient (Wildman–Crippen LogP) is -0.826. The van der Waals surface area contributed by atoms with Crippen molar-refractivity contribution in [3.63, 3.8) is 0 Å². The van der Waals surface area contributed by atoms with Gasteiger partial charge >= 0.3 is 0 Å². The van der Waals surface area contributed by atoms with Crippen LogP contribution in [0.25, 0.3) is 10.4 Å². The molecular weight excluding hydrogens is 298 g/mol. The van der Waals surface area contributed by atoms with E-state index in [1.165, 1.54) is 0 Å². The Labute approximate surface area is 128 Å². The van der Waals surface area contributed by atoms with E-state index in [4.69, 9.17) is 24.5 Å². The van der Waals surface area contributed by atoms with E-state index in [0.29, 0.717) is 19.8 Å². The third-order valence-electron chi connectivity index (χ3n) is 3.09. The van der Waals surface area contributed by atoms with E-state index in [-0.39, 0.29) is 19.8 Å². The Hall–Kier alpha value is -0.970. The van der Waals surface area contributed by atoms with Gasteiger partial charge in [-0.2, -0.15) is 0 Å². The van der Waals surface area contributed by atoms with Crippen LogP contribution in [0.5, 0.6) is 0 Å². The summed E-state index contributed by atoms with van der Waals surface area (Å²) in [5, 5.41) is 32.2. The fourth-order valence-electron chi connectivity index (χ4n) is 1.85. The average Bonchev–Trinajstić information content (AvgIpc) is 2.51. The molecule has 0 aliphatic carbocycles. The van der Waals surface area contributed by atoms with Crippen molar-refractivity contribution in [3.8, 4) is 0 Å². The predicted molar refractivity (Wildman–Crippen MR) is 74.0 cm³/mol. The highest BCUT2D eigenvalue weighted by atomic mass is 16.7. The van der Waals surface area contributed by atoms with Gasteiger partial charge in [0.2, 0.25) is 0 Å². The van der Waals surface area contributed by atoms with E-state index >= 15 is 0 Å². The van der Waals surface area contributed by atoms with Gasteiger partial charge in [-0.1, -0.05) is 5.11 Å². The summed E-state index contributed by atoms with van der Waals surface area (Å²) in [6.07, 6.45) is -5.39. The van der Waals surface area contributed by atoms with Gasteiger partial charge in [0.15, 0.2) is 6.29 Å². The van der Waals surface area contributed by atoms with Crippen LogP contribution in [0.4, 0.5) is 0 Å². The molecule has 22 heavy (non-hydrogen) atoms. The van der Waals surface area contributed by atoms with Gasteiger partial charge in [-0.3, -0.25) is 0 Å². The average molecular weight is 321 g/mol. The Bertz CT molecular complexity index is 354. The minimum atomic E-state index is -1.31. The smallest absolute Gasteiger partial charge is 0.186 e. The summed E-state index contributed by atoms with van der Waals surface area (Å²) in [6, 6.07) is 0. The lowest BCUT2D eigenvalue weighted by Crippen LogP contribution is -2.57. The Morgan fingerprint density at radius 1 is 1.00 bits per heavy atom. The van der Waals surface area contributed by atoms with Crippen molar-refractivity contribution in [2.45, 2.75) is 37.6 Å². The van der Waals surface area contributed by atoms with Gasteiger partial charge in [-0.05, 0) is 12.5 Å². The van der Waals surface area contributed by atoms with E-state index in [2.05, 4.69) is 10.0 Å². The highest BCUT2D eigenvalue weighted by Crippen LogP contribution is 2.21. The molecule has 5 atom stereocenters. The maximum Gasteiger partial charge on any atom is 0.186 e. The van der Waals surface area contributed by atoms with E-state index in [0.717, 1.165) is 0 Å². The molecule has 0 spiro atoms. The number of hydrogen-bond acceptors (Lipinski definition) is 8. The zero-order valence-corrected chi connectivity index (χ0v) is 12.4. The van der Waals surface area contributed by atoms with Crippen molar-refractivity contribution in [3.05, 3.63) is 10.4 Å². The molecule has 128 valence electrons. The fourth-order valence-corrected chi connectivity index (χ4v) is 1.85. The van der Waals surface area contributed by atoms with Gasteiger partial charge in [-0.25, -0.2) is 0 Å². The molecule has 1 fully saturated rings. The third kappa shape index (κ3) is 6.42. The van der Waals surface area contributed by atoms with Crippen LogP contribution >= 0.6 is 0 Å². The Balaban J connectivity index is 2.03. The van der Waals surface area contributed by atoms with Crippen LogP contribution in [0.3, 0.4) is 0 Å². The summed E-state index contributed by atoms with van der Waals surface area (Å²) in [4.78, 5) is 2.59. The van der Waals surface area contributed by atoms with Crippen molar-refractivity contribution < 1.29 is 34.3 Å². The lowest BCUT2D eigenvalue weighted by Gasteiger charge is -2.38. The summed E-state index contributed by atoms with van der Waals surface area (Å²) in [5.74, 6) is 0. The Kier molecular flexibility index (Phi) is 9.28. The number of rotatable bonds is 10. The quantitative estimate of drug-likeness (QED) is 0.206. The minimum absolute atomic E-state index is 0.163. The molecule has 0 saturated carbocycles. The molecule has 1 rings (SSSR count). The van der Waals surface area contributed by atoms with Crippen LogP contribution in [0, 0.1) is 0 Å². The fraction of sp³-hybridized carbons (Fsp3) is 1.00. The number of hydrogen-bond donors (Lipinski definition) is 3. The SMILES string of the molecule is C[C@@H]1O[C@@H](OCCOCCOCCN=[N+]=[N-])[C@@H](O)[C@H](O)[C@@H]1O. The summed E-state index contributed by atoms with van der Waals surface area (Å²) < 4.78 is 20.9. The molecule has 0 aromatic rings. The number of aliphatic hydroxyl groups excluding tert-OH is 3. The number of ether oxygens (including phenoxy) is 4. The van der Waals surface area contributed by atoms with Crippen LogP contribution in [0.15, 0.2) is 5.11 Å². The summed E-state index contributed by atoms with van der Waals surface area (Å²) in [5.41, 5.74) is 8.05. The molecule has 0 amide bonds. The highest BCUT2D eigenvalue weighted by molar-refractivity contribution is 4.87. The van der Waals surface area contributed by atoms with Crippen molar-refractivity contribution >= 4 is 0 Å². The van der Waals surface area contributed by atoms with Crippen LogP contribution < -0.4 is 0 Å². The molecule has 10 heteroatoms. The maximum atomic E-state index is 9.71. The molecule has 0 bridgehead atoms. The van der Waals surface area contributed by atoms with Gasteiger partial charge in [0, 0.05) is 11.5 Å². The molecule has 0 unspecified atom stereocenters. The van der Waals surface area contributed by atoms with E-state index in [1.807, 2.05) is 0 Å². The second-order valence-electron chi connectivity index (χ2n) is 4.73. The van der Waals surface area contributed by atoms with Gasteiger partial charge in [0.1, 0.15) is 18.3 Å². The molecule has 3 N–H and O–H groups in total. The zero-order valence-electron chi connectivity index (χ0n) is 12.4. The highest BCUT2D eigenvalue weighted by Gasteiger charge is 2.42. The van der Waals surface area contributed by atoms with Gasteiger partial charge in [-0.15, -0.1) is 0 Å². The van der Waals surface area contributed by atoms with Crippen LogP contribution in [0.2, 0.25) is 0 Å². The van der Waals surface area contributed by atoms with Crippen molar-refractivity contribution in [2.24, 2.45) is 5.11 Å². The van der Waals surface area contributed by atoms with Crippen LogP contribution in [0.1, 0.15) is 6.92 Å². The van der Waals surface area contributed by atoms with Crippen molar-refractivity contribution in [1.29, 1.82) is 0 Å². The first-order valence-corrected chi connectivity index (χ1v) is 7.05. The first-order valence-electron chi connectivity index (χ1n) is 7.05. The number of azide groups is 1. The molecular formula is C12H23N3O7. The van der Waals surface area contributed by atoms with E-state index < -0.39 is 30.7 Å². The van der Waals surface area contributed by atoms with Crippen molar-refractivity contribution in [2.75, 3.05) is 39.6 Å². The maximum absolute atomic E-state index is 9.71. The Morgan fingerprint density at radius 3 is 2.32 bits per heavy atom. The summed E-state index contributed by atoms with van der Waals surface area (Å²) in [6.45, 7) is 3.35. The van der Waals surface area contributed by atoms with E-state index in [9.17, 15) is 15.3 Å². The van der Waals surface area contributed by atoms with E-state index in [1.54, 1.807) is 6.92 Å². The molecule has 1 aliphatic rings. The summed E-state index contributed by atoms with van der Waals surface area (Å²) >= 11 is 0. The monoisotopic (exact) mass is 321 g/mol. The largest absolute Gasteiger partial charge is 0.388 e. The standard InChI is InChI=1S/C12H23N3O7/c1-8-9(16)10(17)11(18)12(22-8)21-7-6-20-5-4-19-3-2-14-15-13/h8-12,16-18H,2-7H2,1H3/t8-,9+,10+,11-,12+/m0/s1. The molecule has 1 saturated heterocycles. The van der Waals surface area contributed by atoms with Crippen LogP contribution in [-0.4, -0.2) is 85.6 Å². The first kappa shape index (κ1) is 19.1. The number of nitrogens with zero attached hydrogens (tertiary/aromatic N) is 3. The third-order valence-corrected chi connectivity index (χ3v) is 3.09. The molecule has 10 nitrogen and oxygen atoms in total. The topological polar surface area (TPSA) is 146 Å². The van der Waals surface area contributed by atoms with Gasteiger partial charge < -0.3 is 34.3 Å². The Morgan fingerprint density at radius 2 is 1.64 bits per heavy atom. The lowest BCUT2D eigenvalue weighted by molar-refractivity contribution is -0.294. The molecule has 0 aromatic heterocycles. The van der Waals surface area contributed by atoms with Crippen molar-refractivity contribution in [1.82, 2.24) is 0 Å². The second kappa shape index (κ2) is 10.7. The second-order valence-corrected chi connectivity index (χ2v) is 4.73. The zero-order chi connectivity index (χ0) is 16.4. The first-order chi connectivity index (χ1) is 10.6.